The Morgan fingerprint density at radius 3 is 2.47 bits per heavy atom. The fraction of sp³-hybridized carbons (Fsp3) is 0.381. The Bertz CT molecular complexity index is 1060. The van der Waals surface area contributed by atoms with E-state index in [-0.39, 0.29) is 19.2 Å². The SMILES string of the molecule is Cc1ccc(S(=O)(=O)N2CCN(CC(=O)Nc3ccc4c(c3)OCO4)CC2)c(C)c1. The minimum atomic E-state index is -3.54. The standard InChI is InChI=1S/C21H25N3O5S/c1-15-3-6-20(16(2)11-15)30(26,27)24-9-7-23(8-10-24)13-21(25)22-17-4-5-18-19(12-17)29-14-28-18/h3-6,11-12H,7-10,13-14H2,1-2H3,(H,22,25). The summed E-state index contributed by atoms with van der Waals surface area (Å²) >= 11 is 0. The molecule has 2 aliphatic rings. The Morgan fingerprint density at radius 2 is 1.73 bits per heavy atom. The fourth-order valence-electron chi connectivity index (χ4n) is 3.73. The number of carbonyl (C=O) groups excluding carboxylic acids is 1. The molecule has 30 heavy (non-hydrogen) atoms. The number of hydrogen-bond donors (Lipinski definition) is 1. The van der Waals surface area contributed by atoms with Gasteiger partial charge >= 0.3 is 0 Å². The highest BCUT2D eigenvalue weighted by molar-refractivity contribution is 7.89. The number of piperazine rings is 1. The van der Waals surface area contributed by atoms with Crippen LogP contribution in [0.1, 0.15) is 11.1 Å². The lowest BCUT2D eigenvalue weighted by atomic mass is 10.2. The first-order chi connectivity index (χ1) is 14.3. The Kier molecular flexibility index (Phi) is 5.68. The number of nitrogens with one attached hydrogen (secondary N) is 1. The van der Waals surface area contributed by atoms with Crippen molar-refractivity contribution in [3.05, 3.63) is 47.5 Å². The summed E-state index contributed by atoms with van der Waals surface area (Å²) in [6, 6.07) is 10.6. The summed E-state index contributed by atoms with van der Waals surface area (Å²) < 4.78 is 38.1. The molecule has 8 nitrogen and oxygen atoms in total. The third-order valence-corrected chi connectivity index (χ3v) is 7.36. The summed E-state index contributed by atoms with van der Waals surface area (Å²) in [6.07, 6.45) is 0. The van der Waals surface area contributed by atoms with E-state index < -0.39 is 10.0 Å². The number of carbonyl (C=O) groups is 1. The Labute approximate surface area is 176 Å². The summed E-state index contributed by atoms with van der Waals surface area (Å²) in [5.74, 6) is 1.12. The molecule has 4 rings (SSSR count). The second-order valence-electron chi connectivity index (χ2n) is 7.57. The van der Waals surface area contributed by atoms with Gasteiger partial charge < -0.3 is 14.8 Å². The van der Waals surface area contributed by atoms with Gasteiger partial charge in [-0.05, 0) is 37.6 Å². The largest absolute Gasteiger partial charge is 0.454 e. The molecule has 0 saturated carbocycles. The number of nitrogens with zero attached hydrogens (tertiary/aromatic N) is 2. The second-order valence-corrected chi connectivity index (χ2v) is 9.47. The molecule has 1 N–H and O–H groups in total. The zero-order valence-electron chi connectivity index (χ0n) is 17.1. The van der Waals surface area contributed by atoms with E-state index in [1.165, 1.54) is 4.31 Å². The lowest BCUT2D eigenvalue weighted by Crippen LogP contribution is -2.50. The smallest absolute Gasteiger partial charge is 0.243 e. The predicted molar refractivity (Wildman–Crippen MR) is 112 cm³/mol. The third-order valence-electron chi connectivity index (χ3n) is 5.30. The van der Waals surface area contributed by atoms with E-state index >= 15 is 0 Å². The normalized spacial score (nSPS) is 17.1. The molecule has 2 aromatic carbocycles. The van der Waals surface area contributed by atoms with Gasteiger partial charge in [-0.25, -0.2) is 8.42 Å². The molecule has 2 heterocycles. The Morgan fingerprint density at radius 1 is 1.00 bits per heavy atom. The van der Waals surface area contributed by atoms with Gasteiger partial charge in [0.1, 0.15) is 0 Å². The van der Waals surface area contributed by atoms with Crippen LogP contribution in [-0.4, -0.2) is 63.0 Å². The van der Waals surface area contributed by atoms with Crippen molar-refractivity contribution in [1.29, 1.82) is 0 Å². The van der Waals surface area contributed by atoms with E-state index in [1.807, 2.05) is 30.9 Å². The van der Waals surface area contributed by atoms with Crippen molar-refractivity contribution in [1.82, 2.24) is 9.21 Å². The van der Waals surface area contributed by atoms with Crippen molar-refractivity contribution in [2.45, 2.75) is 18.7 Å². The van der Waals surface area contributed by atoms with Gasteiger partial charge in [0.15, 0.2) is 11.5 Å². The molecular formula is C21H25N3O5S. The quantitative estimate of drug-likeness (QED) is 0.779. The van der Waals surface area contributed by atoms with Crippen molar-refractivity contribution in [3.8, 4) is 11.5 Å². The van der Waals surface area contributed by atoms with Crippen molar-refractivity contribution < 1.29 is 22.7 Å². The molecule has 2 aromatic rings. The minimum Gasteiger partial charge on any atom is -0.454 e. The summed E-state index contributed by atoms with van der Waals surface area (Å²) in [7, 11) is -3.54. The molecule has 9 heteroatoms. The molecule has 0 radical (unpaired) electrons. The number of sulfonamides is 1. The van der Waals surface area contributed by atoms with Gasteiger partial charge in [-0.15, -0.1) is 0 Å². The summed E-state index contributed by atoms with van der Waals surface area (Å²) in [5.41, 5.74) is 2.42. The zero-order chi connectivity index (χ0) is 21.3. The van der Waals surface area contributed by atoms with E-state index in [0.717, 1.165) is 11.1 Å². The van der Waals surface area contributed by atoms with Crippen LogP contribution in [0.2, 0.25) is 0 Å². The van der Waals surface area contributed by atoms with E-state index in [0.29, 0.717) is 48.3 Å². The molecule has 2 aliphatic heterocycles. The van der Waals surface area contributed by atoms with Crippen LogP contribution in [0.4, 0.5) is 5.69 Å². The first-order valence-corrected chi connectivity index (χ1v) is 11.3. The number of anilines is 1. The van der Waals surface area contributed by atoms with Crippen molar-refractivity contribution in [3.63, 3.8) is 0 Å². The van der Waals surface area contributed by atoms with Crippen LogP contribution >= 0.6 is 0 Å². The minimum absolute atomic E-state index is 0.153. The zero-order valence-corrected chi connectivity index (χ0v) is 17.9. The molecule has 0 atom stereocenters. The number of aryl methyl sites for hydroxylation is 2. The average molecular weight is 432 g/mol. The monoisotopic (exact) mass is 431 g/mol. The highest BCUT2D eigenvalue weighted by Gasteiger charge is 2.30. The molecular weight excluding hydrogens is 406 g/mol. The Hall–Kier alpha value is -2.62. The van der Waals surface area contributed by atoms with Crippen LogP contribution in [0.15, 0.2) is 41.3 Å². The van der Waals surface area contributed by atoms with Gasteiger partial charge in [-0.1, -0.05) is 17.7 Å². The predicted octanol–water partition coefficient (Wildman–Crippen LogP) is 1.98. The Balaban J connectivity index is 1.32. The summed E-state index contributed by atoms with van der Waals surface area (Å²) in [4.78, 5) is 14.7. The van der Waals surface area contributed by atoms with Crippen molar-refractivity contribution >= 4 is 21.6 Å². The second kappa shape index (κ2) is 8.25. The van der Waals surface area contributed by atoms with Crippen LogP contribution in [0, 0.1) is 13.8 Å². The summed E-state index contributed by atoms with van der Waals surface area (Å²) in [5, 5.41) is 2.85. The average Bonchev–Trinajstić information content (AvgIpc) is 3.16. The van der Waals surface area contributed by atoms with Crippen LogP contribution in [-0.2, 0) is 14.8 Å². The maximum Gasteiger partial charge on any atom is 0.243 e. The van der Waals surface area contributed by atoms with Gasteiger partial charge in [-0.3, -0.25) is 9.69 Å². The lowest BCUT2D eigenvalue weighted by Gasteiger charge is -2.33. The molecule has 0 unspecified atom stereocenters. The first-order valence-electron chi connectivity index (χ1n) is 9.82. The topological polar surface area (TPSA) is 88.2 Å². The van der Waals surface area contributed by atoms with E-state index in [4.69, 9.17) is 9.47 Å². The van der Waals surface area contributed by atoms with E-state index in [9.17, 15) is 13.2 Å². The third kappa shape index (κ3) is 4.28. The maximum atomic E-state index is 13.0. The lowest BCUT2D eigenvalue weighted by molar-refractivity contribution is -0.117. The molecule has 0 bridgehead atoms. The maximum absolute atomic E-state index is 13.0. The van der Waals surface area contributed by atoms with Crippen LogP contribution < -0.4 is 14.8 Å². The van der Waals surface area contributed by atoms with Gasteiger partial charge in [-0.2, -0.15) is 4.31 Å². The van der Waals surface area contributed by atoms with Gasteiger partial charge in [0.2, 0.25) is 22.7 Å². The molecule has 1 saturated heterocycles. The highest BCUT2D eigenvalue weighted by atomic mass is 32.2. The van der Waals surface area contributed by atoms with Crippen LogP contribution in [0.3, 0.4) is 0 Å². The molecule has 0 aliphatic carbocycles. The van der Waals surface area contributed by atoms with Gasteiger partial charge in [0.05, 0.1) is 11.4 Å². The molecule has 160 valence electrons. The van der Waals surface area contributed by atoms with E-state index in [2.05, 4.69) is 5.32 Å². The fourth-order valence-corrected chi connectivity index (χ4v) is 5.36. The molecule has 0 spiro atoms. The number of amides is 1. The van der Waals surface area contributed by atoms with Crippen LogP contribution in [0.25, 0.3) is 0 Å². The number of benzene rings is 2. The number of hydrogen-bond acceptors (Lipinski definition) is 6. The summed E-state index contributed by atoms with van der Waals surface area (Å²) in [6.45, 7) is 5.85. The molecule has 0 aromatic heterocycles. The van der Waals surface area contributed by atoms with Crippen molar-refractivity contribution in [2.75, 3.05) is 44.8 Å². The highest BCUT2D eigenvalue weighted by Crippen LogP contribution is 2.34. The number of ether oxygens (including phenoxy) is 2. The van der Waals surface area contributed by atoms with Crippen molar-refractivity contribution in [2.24, 2.45) is 0 Å². The molecule has 1 amide bonds. The first kappa shape index (κ1) is 20.6. The number of fused-ring (bicyclic) bond motifs is 1. The van der Waals surface area contributed by atoms with E-state index in [1.54, 1.807) is 24.3 Å². The number of rotatable bonds is 5. The van der Waals surface area contributed by atoms with Gasteiger partial charge in [0.25, 0.3) is 0 Å². The van der Waals surface area contributed by atoms with Gasteiger partial charge in [0, 0.05) is 37.9 Å². The van der Waals surface area contributed by atoms with Crippen LogP contribution in [0.5, 0.6) is 11.5 Å². The molecule has 1 fully saturated rings.